The van der Waals surface area contributed by atoms with Crippen molar-refractivity contribution in [2.24, 2.45) is 0 Å². The van der Waals surface area contributed by atoms with Crippen molar-refractivity contribution in [3.63, 3.8) is 0 Å². The molecule has 3 rings (SSSR count). The van der Waals surface area contributed by atoms with E-state index in [1.54, 1.807) is 12.4 Å². The number of halogens is 1. The third kappa shape index (κ3) is 2.91. The molecule has 2 aromatic rings. The molecule has 0 fully saturated rings. The van der Waals surface area contributed by atoms with Crippen LogP contribution in [0.3, 0.4) is 0 Å². The van der Waals surface area contributed by atoms with Gasteiger partial charge >= 0.3 is 0 Å². The summed E-state index contributed by atoms with van der Waals surface area (Å²) in [6.07, 6.45) is 3.56. The molecule has 1 aliphatic rings. The summed E-state index contributed by atoms with van der Waals surface area (Å²) in [6.45, 7) is 3.61. The molecular weight excluding hydrogens is 322 g/mol. The monoisotopic (exact) mass is 335 g/mol. The Bertz CT molecular complexity index is 617. The normalized spacial score (nSPS) is 12.7. The van der Waals surface area contributed by atoms with E-state index in [-0.39, 0.29) is 6.79 Å². The lowest BCUT2D eigenvalue weighted by Gasteiger charge is -2.07. The molecule has 0 aliphatic carbocycles. The van der Waals surface area contributed by atoms with Gasteiger partial charge in [0.1, 0.15) is 0 Å². The number of benzene rings is 1. The summed E-state index contributed by atoms with van der Waals surface area (Å²) >= 11 is 3.49. The maximum absolute atomic E-state index is 5.40. The Hall–Kier alpha value is -1.66. The van der Waals surface area contributed by atoms with Crippen LogP contribution in [0.25, 0.3) is 0 Å². The van der Waals surface area contributed by atoms with Crippen LogP contribution in [-0.2, 0) is 13.1 Å². The SMILES string of the molecule is Cc1cnc(CNCc2cc(Br)c3c(c2)OCO3)cn1. The third-order valence-corrected chi connectivity index (χ3v) is 3.55. The number of aromatic nitrogens is 2. The first-order valence-electron chi connectivity index (χ1n) is 6.28. The van der Waals surface area contributed by atoms with Crippen LogP contribution in [0.5, 0.6) is 11.5 Å². The molecule has 1 N–H and O–H groups in total. The van der Waals surface area contributed by atoms with Gasteiger partial charge in [-0.25, -0.2) is 0 Å². The summed E-state index contributed by atoms with van der Waals surface area (Å²) in [5.74, 6) is 1.56. The van der Waals surface area contributed by atoms with E-state index in [0.29, 0.717) is 6.54 Å². The topological polar surface area (TPSA) is 56.3 Å². The van der Waals surface area contributed by atoms with Gasteiger partial charge in [0.05, 0.1) is 15.9 Å². The number of ether oxygens (including phenoxy) is 2. The van der Waals surface area contributed by atoms with E-state index in [9.17, 15) is 0 Å². The highest BCUT2D eigenvalue weighted by Gasteiger charge is 2.17. The Kier molecular flexibility index (Phi) is 3.84. The summed E-state index contributed by atoms with van der Waals surface area (Å²) in [6, 6.07) is 4.02. The molecule has 20 heavy (non-hydrogen) atoms. The van der Waals surface area contributed by atoms with E-state index in [1.165, 1.54) is 0 Å². The fraction of sp³-hybridized carbons (Fsp3) is 0.286. The third-order valence-electron chi connectivity index (χ3n) is 2.96. The molecule has 0 saturated carbocycles. The summed E-state index contributed by atoms with van der Waals surface area (Å²) < 4.78 is 11.7. The second-order valence-electron chi connectivity index (χ2n) is 4.56. The quantitative estimate of drug-likeness (QED) is 0.930. The van der Waals surface area contributed by atoms with Crippen LogP contribution in [0.2, 0.25) is 0 Å². The van der Waals surface area contributed by atoms with E-state index < -0.39 is 0 Å². The molecule has 2 heterocycles. The van der Waals surface area contributed by atoms with Crippen molar-refractivity contribution in [2.75, 3.05) is 6.79 Å². The number of aryl methyl sites for hydroxylation is 1. The minimum Gasteiger partial charge on any atom is -0.454 e. The zero-order valence-electron chi connectivity index (χ0n) is 11.0. The lowest BCUT2D eigenvalue weighted by Crippen LogP contribution is -2.14. The molecule has 104 valence electrons. The molecule has 1 aliphatic heterocycles. The van der Waals surface area contributed by atoms with Crippen molar-refractivity contribution in [1.29, 1.82) is 0 Å². The van der Waals surface area contributed by atoms with Gasteiger partial charge in [0, 0.05) is 25.5 Å². The van der Waals surface area contributed by atoms with E-state index in [4.69, 9.17) is 9.47 Å². The molecule has 0 atom stereocenters. The molecule has 1 aromatic carbocycles. The van der Waals surface area contributed by atoms with Gasteiger partial charge in [-0.1, -0.05) is 0 Å². The van der Waals surface area contributed by atoms with Crippen LogP contribution in [0.15, 0.2) is 29.0 Å². The maximum Gasteiger partial charge on any atom is 0.231 e. The molecule has 0 radical (unpaired) electrons. The van der Waals surface area contributed by atoms with E-state index in [2.05, 4.69) is 31.2 Å². The number of hydrogen-bond acceptors (Lipinski definition) is 5. The Labute approximate surface area is 125 Å². The zero-order chi connectivity index (χ0) is 13.9. The lowest BCUT2D eigenvalue weighted by atomic mass is 10.2. The van der Waals surface area contributed by atoms with Crippen molar-refractivity contribution in [2.45, 2.75) is 20.0 Å². The van der Waals surface area contributed by atoms with Crippen molar-refractivity contribution in [3.05, 3.63) is 46.0 Å². The molecule has 6 heteroatoms. The smallest absolute Gasteiger partial charge is 0.231 e. The van der Waals surface area contributed by atoms with Crippen LogP contribution in [-0.4, -0.2) is 16.8 Å². The van der Waals surface area contributed by atoms with E-state index in [0.717, 1.165) is 39.5 Å². The Morgan fingerprint density at radius 3 is 2.90 bits per heavy atom. The van der Waals surface area contributed by atoms with Crippen LogP contribution in [0.4, 0.5) is 0 Å². The highest BCUT2D eigenvalue weighted by molar-refractivity contribution is 9.10. The first-order chi connectivity index (χ1) is 9.72. The number of hydrogen-bond donors (Lipinski definition) is 1. The molecule has 0 bridgehead atoms. The fourth-order valence-electron chi connectivity index (χ4n) is 1.97. The Balaban J connectivity index is 1.61. The molecule has 0 amide bonds. The molecule has 0 unspecified atom stereocenters. The van der Waals surface area contributed by atoms with Gasteiger partial charge in [0.25, 0.3) is 0 Å². The van der Waals surface area contributed by atoms with E-state index >= 15 is 0 Å². The first-order valence-corrected chi connectivity index (χ1v) is 7.08. The summed E-state index contributed by atoms with van der Waals surface area (Å²) in [5, 5.41) is 3.34. The van der Waals surface area contributed by atoms with Gasteiger partial charge in [-0.05, 0) is 40.5 Å². The van der Waals surface area contributed by atoms with Crippen LogP contribution >= 0.6 is 15.9 Å². The molecular formula is C14H14BrN3O2. The Morgan fingerprint density at radius 1 is 1.20 bits per heavy atom. The van der Waals surface area contributed by atoms with Crippen LogP contribution < -0.4 is 14.8 Å². The molecule has 1 aromatic heterocycles. The number of nitrogens with one attached hydrogen (secondary N) is 1. The summed E-state index contributed by atoms with van der Waals surface area (Å²) in [5.41, 5.74) is 2.98. The van der Waals surface area contributed by atoms with Gasteiger partial charge in [-0.2, -0.15) is 0 Å². The van der Waals surface area contributed by atoms with Crippen LogP contribution in [0.1, 0.15) is 17.0 Å². The molecule has 0 saturated heterocycles. The molecule has 5 nitrogen and oxygen atoms in total. The van der Waals surface area contributed by atoms with Crippen molar-refractivity contribution in [3.8, 4) is 11.5 Å². The highest BCUT2D eigenvalue weighted by Crippen LogP contribution is 2.39. The van der Waals surface area contributed by atoms with Gasteiger partial charge in [-0.15, -0.1) is 0 Å². The largest absolute Gasteiger partial charge is 0.454 e. The van der Waals surface area contributed by atoms with Crippen molar-refractivity contribution >= 4 is 15.9 Å². The summed E-state index contributed by atoms with van der Waals surface area (Å²) in [4.78, 5) is 8.53. The van der Waals surface area contributed by atoms with Gasteiger partial charge in [0.2, 0.25) is 6.79 Å². The number of rotatable bonds is 4. The lowest BCUT2D eigenvalue weighted by molar-refractivity contribution is 0.173. The predicted molar refractivity (Wildman–Crippen MR) is 77.6 cm³/mol. The van der Waals surface area contributed by atoms with Crippen LogP contribution in [0, 0.1) is 6.92 Å². The maximum atomic E-state index is 5.40. The Morgan fingerprint density at radius 2 is 2.10 bits per heavy atom. The first kappa shape index (κ1) is 13.3. The van der Waals surface area contributed by atoms with Crippen molar-refractivity contribution < 1.29 is 9.47 Å². The minimum absolute atomic E-state index is 0.282. The zero-order valence-corrected chi connectivity index (χ0v) is 12.6. The van der Waals surface area contributed by atoms with Gasteiger partial charge in [0.15, 0.2) is 11.5 Å². The average Bonchev–Trinajstić information content (AvgIpc) is 2.90. The van der Waals surface area contributed by atoms with E-state index in [1.807, 2.05) is 19.1 Å². The number of nitrogens with zero attached hydrogens (tertiary/aromatic N) is 2. The van der Waals surface area contributed by atoms with Crippen molar-refractivity contribution in [1.82, 2.24) is 15.3 Å². The molecule has 0 spiro atoms. The second kappa shape index (κ2) is 5.76. The number of fused-ring (bicyclic) bond motifs is 1. The standard InChI is InChI=1S/C14H14BrN3O2/c1-9-4-18-11(7-17-9)6-16-5-10-2-12(15)14-13(3-10)19-8-20-14/h2-4,7,16H,5-6,8H2,1H3. The second-order valence-corrected chi connectivity index (χ2v) is 5.42. The average molecular weight is 336 g/mol. The highest BCUT2D eigenvalue weighted by atomic mass is 79.9. The summed E-state index contributed by atoms with van der Waals surface area (Å²) in [7, 11) is 0. The fourth-order valence-corrected chi connectivity index (χ4v) is 2.57. The van der Waals surface area contributed by atoms with Gasteiger partial charge in [-0.3, -0.25) is 9.97 Å². The minimum atomic E-state index is 0.282. The predicted octanol–water partition coefficient (Wildman–Crippen LogP) is 2.57. The van der Waals surface area contributed by atoms with Gasteiger partial charge < -0.3 is 14.8 Å².